The highest BCUT2D eigenvalue weighted by Crippen LogP contribution is 2.19. The molecule has 0 aliphatic heterocycles. The van der Waals surface area contributed by atoms with Gasteiger partial charge >= 0.3 is 0 Å². The lowest BCUT2D eigenvalue weighted by atomic mass is 9.90. The van der Waals surface area contributed by atoms with Crippen molar-refractivity contribution in [2.24, 2.45) is 11.7 Å². The third kappa shape index (κ3) is 2.52. The van der Waals surface area contributed by atoms with E-state index in [1.54, 1.807) is 0 Å². The van der Waals surface area contributed by atoms with Crippen LogP contribution in [0.2, 0.25) is 0 Å². The van der Waals surface area contributed by atoms with Gasteiger partial charge in [-0.05, 0) is 18.1 Å². The Balaban J connectivity index is 2.73. The molecule has 1 heterocycles. The van der Waals surface area contributed by atoms with Gasteiger partial charge in [-0.25, -0.2) is 0 Å². The molecule has 0 aliphatic carbocycles. The molecular formula is C11H18N2. The molecule has 1 aromatic rings. The molecule has 1 aromatic heterocycles. The average molecular weight is 178 g/mol. The summed E-state index contributed by atoms with van der Waals surface area (Å²) in [7, 11) is 0. The van der Waals surface area contributed by atoms with E-state index >= 15 is 0 Å². The van der Waals surface area contributed by atoms with Gasteiger partial charge in [0.1, 0.15) is 0 Å². The largest absolute Gasteiger partial charge is 0.327 e. The summed E-state index contributed by atoms with van der Waals surface area (Å²) in [6.45, 7) is 6.42. The van der Waals surface area contributed by atoms with Crippen molar-refractivity contribution in [1.82, 2.24) is 4.98 Å². The van der Waals surface area contributed by atoms with Crippen LogP contribution in [0.25, 0.3) is 0 Å². The van der Waals surface area contributed by atoms with E-state index in [9.17, 15) is 0 Å². The van der Waals surface area contributed by atoms with Gasteiger partial charge in [0.15, 0.2) is 0 Å². The van der Waals surface area contributed by atoms with E-state index in [2.05, 4.69) is 25.8 Å². The lowest BCUT2D eigenvalue weighted by Crippen LogP contribution is -2.32. The minimum absolute atomic E-state index is 0.190. The van der Waals surface area contributed by atoms with Gasteiger partial charge in [0.25, 0.3) is 0 Å². The molecule has 0 aliphatic rings. The number of rotatable bonds is 3. The van der Waals surface area contributed by atoms with Gasteiger partial charge in [-0.15, -0.1) is 0 Å². The highest BCUT2D eigenvalue weighted by atomic mass is 14.7. The molecule has 13 heavy (non-hydrogen) atoms. The smallest absolute Gasteiger partial charge is 0.0447 e. The van der Waals surface area contributed by atoms with Crippen LogP contribution in [0.1, 0.15) is 32.4 Å². The van der Waals surface area contributed by atoms with Crippen LogP contribution in [0.4, 0.5) is 0 Å². The van der Waals surface area contributed by atoms with Crippen molar-refractivity contribution < 1.29 is 0 Å². The van der Waals surface area contributed by atoms with Gasteiger partial charge in [-0.2, -0.15) is 0 Å². The number of nitrogens with two attached hydrogens (primary N) is 1. The molecule has 1 rings (SSSR count). The highest BCUT2D eigenvalue weighted by Gasteiger charge is 2.18. The van der Waals surface area contributed by atoms with E-state index in [1.807, 2.05) is 24.4 Å². The lowest BCUT2D eigenvalue weighted by molar-refractivity contribution is 0.429. The Bertz CT molecular complexity index is 244. The predicted molar refractivity (Wildman–Crippen MR) is 55.5 cm³/mol. The first kappa shape index (κ1) is 10.2. The molecule has 2 nitrogen and oxygen atoms in total. The first-order valence-electron chi connectivity index (χ1n) is 4.79. The first-order chi connectivity index (χ1) is 6.13. The number of nitrogens with zero attached hydrogens (tertiary/aromatic N) is 1. The highest BCUT2D eigenvalue weighted by molar-refractivity contribution is 5.10. The summed E-state index contributed by atoms with van der Waals surface area (Å²) in [6.07, 6.45) is 1.82. The fraction of sp³-hybridized carbons (Fsp3) is 0.545. The Morgan fingerprint density at radius 1 is 1.23 bits per heavy atom. The van der Waals surface area contributed by atoms with E-state index in [4.69, 9.17) is 5.73 Å². The van der Waals surface area contributed by atoms with Crippen LogP contribution in [0.15, 0.2) is 24.4 Å². The van der Waals surface area contributed by atoms with Gasteiger partial charge in [0, 0.05) is 23.9 Å². The molecule has 0 amide bonds. The van der Waals surface area contributed by atoms with Crippen LogP contribution >= 0.6 is 0 Å². The Labute approximate surface area is 80.2 Å². The second-order valence-corrected chi connectivity index (χ2v) is 3.86. The summed E-state index contributed by atoms with van der Waals surface area (Å²) in [5.74, 6) is 0.832. The summed E-state index contributed by atoms with van der Waals surface area (Å²) in [6, 6.07) is 6.16. The fourth-order valence-corrected chi connectivity index (χ4v) is 1.42. The van der Waals surface area contributed by atoms with E-state index < -0.39 is 0 Å². The quantitative estimate of drug-likeness (QED) is 0.770. The Kier molecular flexibility index (Phi) is 3.43. The number of pyridine rings is 1. The second-order valence-electron chi connectivity index (χ2n) is 3.86. The normalized spacial score (nSPS) is 15.8. The molecular weight excluding hydrogens is 160 g/mol. The SMILES string of the molecule is CC(C)C(N)C(C)c1ccccn1. The lowest BCUT2D eigenvalue weighted by Gasteiger charge is -2.22. The van der Waals surface area contributed by atoms with Gasteiger partial charge in [-0.1, -0.05) is 26.8 Å². The topological polar surface area (TPSA) is 38.9 Å². The van der Waals surface area contributed by atoms with Gasteiger partial charge in [0.2, 0.25) is 0 Å². The third-order valence-corrected chi connectivity index (χ3v) is 2.50. The minimum Gasteiger partial charge on any atom is -0.327 e. The molecule has 0 saturated heterocycles. The number of hydrogen-bond acceptors (Lipinski definition) is 2. The van der Waals surface area contributed by atoms with Crippen molar-refractivity contribution in [3.05, 3.63) is 30.1 Å². The Morgan fingerprint density at radius 3 is 2.38 bits per heavy atom. The maximum absolute atomic E-state index is 6.05. The van der Waals surface area contributed by atoms with E-state index in [0.717, 1.165) is 5.69 Å². The molecule has 72 valence electrons. The first-order valence-corrected chi connectivity index (χ1v) is 4.79. The molecule has 2 heteroatoms. The van der Waals surface area contributed by atoms with Crippen LogP contribution in [0.5, 0.6) is 0 Å². The molecule has 0 spiro atoms. The molecule has 2 N–H and O–H groups in total. The summed E-state index contributed by atoms with van der Waals surface area (Å²) in [4.78, 5) is 4.30. The van der Waals surface area contributed by atoms with Crippen molar-refractivity contribution in [3.8, 4) is 0 Å². The average Bonchev–Trinajstić information content (AvgIpc) is 2.17. The van der Waals surface area contributed by atoms with Crippen molar-refractivity contribution in [2.45, 2.75) is 32.7 Å². The maximum atomic E-state index is 6.05. The van der Waals surface area contributed by atoms with Crippen LogP contribution in [-0.2, 0) is 0 Å². The number of hydrogen-bond donors (Lipinski definition) is 1. The summed E-state index contributed by atoms with van der Waals surface area (Å²) >= 11 is 0. The zero-order valence-electron chi connectivity index (χ0n) is 8.57. The zero-order chi connectivity index (χ0) is 9.84. The molecule has 0 saturated carbocycles. The molecule has 0 aromatic carbocycles. The van der Waals surface area contributed by atoms with Crippen LogP contribution in [-0.4, -0.2) is 11.0 Å². The minimum atomic E-state index is 0.190. The zero-order valence-corrected chi connectivity index (χ0v) is 8.57. The Morgan fingerprint density at radius 2 is 1.92 bits per heavy atom. The number of aromatic nitrogens is 1. The van der Waals surface area contributed by atoms with E-state index in [-0.39, 0.29) is 6.04 Å². The third-order valence-electron chi connectivity index (χ3n) is 2.50. The van der Waals surface area contributed by atoms with Crippen molar-refractivity contribution in [2.75, 3.05) is 0 Å². The standard InChI is InChI=1S/C11H18N2/c1-8(2)11(12)9(3)10-6-4-5-7-13-10/h4-9,11H,12H2,1-3H3. The van der Waals surface area contributed by atoms with Gasteiger partial charge in [-0.3, -0.25) is 4.98 Å². The monoisotopic (exact) mass is 178 g/mol. The predicted octanol–water partition coefficient (Wildman–Crippen LogP) is 2.17. The van der Waals surface area contributed by atoms with Crippen LogP contribution in [0.3, 0.4) is 0 Å². The molecule has 2 atom stereocenters. The van der Waals surface area contributed by atoms with Gasteiger partial charge < -0.3 is 5.73 Å². The molecule has 0 bridgehead atoms. The van der Waals surface area contributed by atoms with E-state index in [1.165, 1.54) is 0 Å². The fourth-order valence-electron chi connectivity index (χ4n) is 1.42. The van der Waals surface area contributed by atoms with Crippen LogP contribution in [0, 0.1) is 5.92 Å². The summed E-state index contributed by atoms with van der Waals surface area (Å²) < 4.78 is 0. The maximum Gasteiger partial charge on any atom is 0.0447 e. The van der Waals surface area contributed by atoms with Crippen molar-refractivity contribution in [3.63, 3.8) is 0 Å². The molecule has 2 unspecified atom stereocenters. The molecule has 0 radical (unpaired) electrons. The van der Waals surface area contributed by atoms with Crippen molar-refractivity contribution in [1.29, 1.82) is 0 Å². The summed E-state index contributed by atoms with van der Waals surface area (Å²) in [5.41, 5.74) is 7.14. The van der Waals surface area contributed by atoms with Crippen LogP contribution < -0.4 is 5.73 Å². The molecule has 0 fully saturated rings. The van der Waals surface area contributed by atoms with E-state index in [0.29, 0.717) is 11.8 Å². The van der Waals surface area contributed by atoms with Gasteiger partial charge in [0.05, 0.1) is 0 Å². The summed E-state index contributed by atoms with van der Waals surface area (Å²) in [5, 5.41) is 0. The van der Waals surface area contributed by atoms with Crippen molar-refractivity contribution >= 4 is 0 Å². The second kappa shape index (κ2) is 4.38. The Hall–Kier alpha value is -0.890.